The Morgan fingerprint density at radius 3 is 1.07 bits per heavy atom. The molecule has 0 aromatic heterocycles. The normalized spacial score (nSPS) is 10.7. The molecule has 36 heteroatoms. The van der Waals surface area contributed by atoms with E-state index >= 15 is 0 Å². The number of carbonyl (C=O) groups is 9. The van der Waals surface area contributed by atoms with Gasteiger partial charge in [0.2, 0.25) is 0 Å². The number of rotatable bonds is 16. The van der Waals surface area contributed by atoms with Gasteiger partial charge in [-0.3, -0.25) is 39.4 Å². The zero-order chi connectivity index (χ0) is 96.0. The second kappa shape index (κ2) is 51.5. The second-order valence-corrected chi connectivity index (χ2v) is 31.0. The van der Waals surface area contributed by atoms with Crippen LogP contribution in [-0.4, -0.2) is 131 Å². The molecule has 0 unspecified atom stereocenters. The van der Waals surface area contributed by atoms with Crippen LogP contribution in [0, 0.1) is 31.9 Å². The van der Waals surface area contributed by atoms with E-state index < -0.39 is 58.3 Å². The number of aliphatic hydroxyl groups excluding tert-OH is 1. The molecule has 4 amide bonds. The number of aromatic carboxylic acids is 1. The zero-order valence-electron chi connectivity index (χ0n) is 72.4. The molecule has 14 aromatic rings. The standard InChI is InChI=1S/C28H19FN2O4S.C27H17FN2O4S.C14H11NO4.C14H13NO2.C8H7BrO2.C6H6BNO4.C2H6O.K.H2O/c1-35-28(34)17-7-5-16(6-8-17)18-3-2-4-21(13-18)30-26(32)19-9-11-25-23(14-19)31-27(33)22-15-20(29)10-12-24(22)36-25;28-19-9-11-23-21(14-19)26(32)30-22-13-18(8-10-24(22)35-23)25(31)29-20-3-1-2-17(12-20)15-4-6-16(7-5-15)27(33)34;1-19-14(16)11-7-5-10(6-8-11)12-3-2-4-13(9-12)15(17)18;1-17-14(16)11-7-5-10(6-8-11)12-3-2-4-13(15)9-12;1-11-8(10)6-2-4-7(9)5-3-6;9-7(10)5-2-1-3-6(4-5)8(11)12;1-2-3;;/h2-15H,1H3,(H,30,32)(H,31,33);1-14H,(H,29,31)(H,30,32)(H,33,34);2-9H,1H3;2-9H,15H2,1H3;2-5H,1H3;1-4,9-10H;3H,2H2,1H3;;1H2/q;;;;;;;+1;/p-1. The van der Waals surface area contributed by atoms with Gasteiger partial charge in [-0.2, -0.15) is 0 Å². The molecule has 14 aromatic carbocycles. The number of carbonyl (C=O) groups excluding carboxylic acids is 8. The van der Waals surface area contributed by atoms with Crippen LogP contribution in [0.5, 0.6) is 0 Å². The molecule has 0 saturated heterocycles. The Balaban J connectivity index is 0.000000208. The number of hydrogen-bond donors (Lipinski definition) is 9. The maximum Gasteiger partial charge on any atom is 1.00 e. The summed E-state index contributed by atoms with van der Waals surface area (Å²) in [5, 5.41) is 66.2. The fraction of sp³-hybridized carbons (Fsp3) is 0.0606. The van der Waals surface area contributed by atoms with Gasteiger partial charge < -0.3 is 71.7 Å². The van der Waals surface area contributed by atoms with Crippen molar-refractivity contribution in [3.63, 3.8) is 0 Å². The van der Waals surface area contributed by atoms with Crippen LogP contribution in [0.4, 0.5) is 48.6 Å². The number of methoxy groups -OCH3 is 4. The smallest absolute Gasteiger partial charge is 0.870 e. The number of carboxylic acid groups (broad SMARTS) is 1. The summed E-state index contributed by atoms with van der Waals surface area (Å²) < 4.78 is 46.7. The number of nitro benzene ring substituents is 2. The van der Waals surface area contributed by atoms with Crippen molar-refractivity contribution < 1.29 is 158 Å². The van der Waals surface area contributed by atoms with Gasteiger partial charge in [-0.25, -0.2) is 32.8 Å². The van der Waals surface area contributed by atoms with E-state index in [9.17, 15) is 72.2 Å². The number of carboxylic acids is 1. The number of hydrogen-bond acceptors (Lipinski definition) is 24. The van der Waals surface area contributed by atoms with Crippen LogP contribution >= 0.6 is 39.5 Å². The molecule has 29 nitrogen and oxygen atoms in total. The molecule has 0 bridgehead atoms. The van der Waals surface area contributed by atoms with Crippen molar-refractivity contribution in [2.45, 2.75) is 26.5 Å². The number of nitrogens with one attached hydrogen (secondary N) is 4. The first-order chi connectivity index (χ1) is 63.9. The largest absolute Gasteiger partial charge is 1.00 e. The molecule has 2 heterocycles. The molecule has 680 valence electrons. The summed E-state index contributed by atoms with van der Waals surface area (Å²) in [7, 11) is 3.72. The molecule has 0 spiro atoms. The average molecular weight is 1950 g/mol. The Labute approximate surface area is 830 Å². The van der Waals surface area contributed by atoms with Gasteiger partial charge in [0.05, 0.1) is 88.6 Å². The summed E-state index contributed by atoms with van der Waals surface area (Å²) in [5.41, 5.74) is 18.9. The van der Waals surface area contributed by atoms with Gasteiger partial charge in [0.25, 0.3) is 35.0 Å². The Bertz CT molecular complexity index is 6660. The first kappa shape index (κ1) is 106. The van der Waals surface area contributed by atoms with Gasteiger partial charge in [-0.05, 0) is 239 Å². The van der Waals surface area contributed by atoms with E-state index in [4.69, 9.17) is 30.7 Å². The Morgan fingerprint density at radius 2 is 0.726 bits per heavy atom. The van der Waals surface area contributed by atoms with Gasteiger partial charge in [-0.15, -0.1) is 0 Å². The number of non-ortho nitro benzene ring substituents is 2. The summed E-state index contributed by atoms with van der Waals surface area (Å²) in [6, 6.07) is 86.2. The predicted molar refractivity (Wildman–Crippen MR) is 508 cm³/mol. The van der Waals surface area contributed by atoms with Crippen molar-refractivity contribution in [3.05, 3.63) is 402 Å². The fourth-order valence-electron chi connectivity index (χ4n) is 12.4. The monoisotopic (exact) mass is 1950 g/mol. The van der Waals surface area contributed by atoms with E-state index in [0.29, 0.717) is 65.9 Å². The molecule has 135 heavy (non-hydrogen) atoms. The Kier molecular flexibility index (Phi) is 40.4. The van der Waals surface area contributed by atoms with Crippen LogP contribution in [0.2, 0.25) is 0 Å². The minimum absolute atomic E-state index is 0. The third kappa shape index (κ3) is 30.3. The van der Waals surface area contributed by atoms with Crippen LogP contribution in [0.25, 0.3) is 44.5 Å². The van der Waals surface area contributed by atoms with E-state index in [2.05, 4.69) is 51.4 Å². The van der Waals surface area contributed by atoms with E-state index in [1.54, 1.807) is 177 Å². The number of esters is 4. The molecule has 16 rings (SSSR count). The van der Waals surface area contributed by atoms with Crippen LogP contribution in [0.3, 0.4) is 0 Å². The molecular formula is C99H80BBrF2KN7O22S2. The van der Waals surface area contributed by atoms with Crippen molar-refractivity contribution in [1.29, 1.82) is 0 Å². The summed E-state index contributed by atoms with van der Waals surface area (Å²) in [6.45, 7) is 1.93. The molecular weight excluding hydrogens is 1870 g/mol. The number of aliphatic hydroxyl groups is 1. The summed E-state index contributed by atoms with van der Waals surface area (Å²) in [5.74, 6) is -5.02. The number of nitrogen functional groups attached to an aromatic ring is 1. The van der Waals surface area contributed by atoms with E-state index in [1.165, 1.54) is 119 Å². The minimum Gasteiger partial charge on any atom is -0.870 e. The molecule has 0 atom stereocenters. The maximum absolute atomic E-state index is 13.6. The number of ether oxygens (including phenoxy) is 4. The maximum atomic E-state index is 13.6. The summed E-state index contributed by atoms with van der Waals surface area (Å²) in [4.78, 5) is 130. The second-order valence-electron chi connectivity index (χ2n) is 27.9. The van der Waals surface area contributed by atoms with Crippen LogP contribution in [-0.2, 0) is 18.9 Å². The van der Waals surface area contributed by atoms with Gasteiger partial charge in [0.15, 0.2) is 0 Å². The molecule has 0 fully saturated rings. The number of nitrogens with two attached hydrogens (primary N) is 1. The molecule has 0 saturated carbocycles. The molecule has 2 aliphatic heterocycles. The number of anilines is 5. The fourth-order valence-corrected chi connectivity index (χ4v) is 14.6. The van der Waals surface area contributed by atoms with E-state index in [1.807, 2.05) is 72.8 Å². The molecule has 11 N–H and O–H groups in total. The van der Waals surface area contributed by atoms with Gasteiger partial charge >= 0.3 is 88.3 Å². The summed E-state index contributed by atoms with van der Waals surface area (Å²) >= 11 is 5.92. The van der Waals surface area contributed by atoms with Gasteiger partial charge in [0, 0.05) is 83.1 Å². The van der Waals surface area contributed by atoms with Crippen molar-refractivity contribution >= 4 is 145 Å². The third-order valence-electron chi connectivity index (χ3n) is 19.0. The van der Waals surface area contributed by atoms with E-state index in [-0.39, 0.29) is 121 Å². The van der Waals surface area contributed by atoms with Crippen molar-refractivity contribution in [1.82, 2.24) is 0 Å². The van der Waals surface area contributed by atoms with E-state index in [0.717, 1.165) is 70.5 Å². The Morgan fingerprint density at radius 1 is 0.415 bits per heavy atom. The zero-order valence-corrected chi connectivity index (χ0v) is 78.7. The number of fused-ring (bicyclic) bond motifs is 4. The number of nitro groups is 2. The van der Waals surface area contributed by atoms with Crippen molar-refractivity contribution in [3.8, 4) is 44.5 Å². The first-order valence-corrected chi connectivity index (χ1v) is 42.0. The van der Waals surface area contributed by atoms with Crippen molar-refractivity contribution in [2.75, 3.05) is 62.0 Å². The first-order valence-electron chi connectivity index (χ1n) is 39.6. The number of amides is 4. The summed E-state index contributed by atoms with van der Waals surface area (Å²) in [6.07, 6.45) is 0. The molecule has 0 radical (unpaired) electrons. The minimum atomic E-state index is -1.66. The molecule has 2 aliphatic rings. The number of nitrogens with zero attached hydrogens (tertiary/aromatic N) is 2. The average Bonchev–Trinajstić information content (AvgIpc) is 1.66. The third-order valence-corrected chi connectivity index (χ3v) is 21.8. The molecule has 0 aliphatic carbocycles. The SMILES string of the molecule is CCO.COC(=O)c1ccc(-c2cccc(N)c2)cc1.COC(=O)c1ccc(-c2cccc(NC(=O)c3ccc4c(c3)NC(=O)c3cc(F)ccc3S4)c2)cc1.COC(=O)c1ccc(-c2cccc([N+](=O)[O-])c2)cc1.COC(=O)c1ccc(Br)cc1.O=C(O)c1ccc(-c2cccc(NC(=O)c3ccc4c(c3)NC(=O)c3cc(F)ccc3S4)c2)cc1.O=[N+]([O-])c1cccc(B(O)O)c1.[K+].[OH-]. The number of halogens is 3. The van der Waals surface area contributed by atoms with Crippen LogP contribution < -0.4 is 83.8 Å². The van der Waals surface area contributed by atoms with Gasteiger partial charge in [0.1, 0.15) is 11.6 Å². The van der Waals surface area contributed by atoms with Gasteiger partial charge in [-0.1, -0.05) is 149 Å². The van der Waals surface area contributed by atoms with Crippen LogP contribution in [0.1, 0.15) is 100 Å². The Hall–Kier alpha value is -14.5. The topological polar surface area (TPSA) is 462 Å². The number of benzene rings is 14. The van der Waals surface area contributed by atoms with Crippen LogP contribution in [0.15, 0.2) is 340 Å². The quantitative estimate of drug-likeness (QED) is 0.0108. The predicted octanol–water partition coefficient (Wildman–Crippen LogP) is 16.5. The van der Waals surface area contributed by atoms with Crippen molar-refractivity contribution in [2.24, 2.45) is 0 Å².